The number of nitrogens with zero attached hydrogens (tertiary/aromatic N) is 3. The number of halogens is 5. The molecule has 0 aliphatic heterocycles. The Morgan fingerprint density at radius 2 is 1.65 bits per heavy atom. The molecule has 1 heterocycles. The van der Waals surface area contributed by atoms with E-state index in [-0.39, 0.29) is 0 Å². The minimum absolute atomic E-state index is 0.349. The predicted molar refractivity (Wildman–Crippen MR) is 131 cm³/mol. The number of carbonyl (C=O) groups is 2. The van der Waals surface area contributed by atoms with E-state index in [9.17, 15) is 18.0 Å². The smallest absolute Gasteiger partial charge is 0.475 e. The predicted octanol–water partition coefficient (Wildman–Crippen LogP) is 5.27. The Morgan fingerprint density at radius 3 is 2.16 bits per heavy atom. The molecule has 0 radical (unpaired) electrons. The number of benzene rings is 2. The van der Waals surface area contributed by atoms with Gasteiger partial charge in [0.05, 0.1) is 18.6 Å². The average molecular weight is 566 g/mol. The maximum absolute atomic E-state index is 12.8. The molecule has 0 aliphatic carbocycles. The Balaban J connectivity index is 0.000000604. The number of aromatic nitrogens is 2. The zero-order valence-electron chi connectivity index (χ0n) is 20.0. The van der Waals surface area contributed by atoms with Gasteiger partial charge in [-0.1, -0.05) is 41.4 Å². The summed E-state index contributed by atoms with van der Waals surface area (Å²) in [6, 6.07) is 10.9. The SMILES string of the molecule is COCCN(CCOC)C(=O)Oc1c2cccc(-c3ccc(Cl)cc3Cl)c2nn1C.O=C(O)C(F)(F)F. The van der Waals surface area contributed by atoms with Gasteiger partial charge in [-0.25, -0.2) is 14.3 Å². The van der Waals surface area contributed by atoms with Gasteiger partial charge in [-0.3, -0.25) is 0 Å². The molecule has 0 spiro atoms. The van der Waals surface area contributed by atoms with Gasteiger partial charge >= 0.3 is 18.2 Å². The quantitative estimate of drug-likeness (QED) is 0.396. The molecular formula is C23H24Cl2F3N3O6. The standard InChI is InChI=1S/C21H23Cl2N3O4.C2HF3O2/c1-25-20(30-21(27)26(9-11-28-2)10-12-29-3)17-6-4-5-16(19(17)24-25)15-8-7-14(22)13-18(15)23;3-2(4,5)1(6)7/h4-8,13H,9-12H2,1-3H3;(H,6,7). The number of fused-ring (bicyclic) bond motifs is 1. The number of amides is 1. The van der Waals surface area contributed by atoms with Crippen LogP contribution >= 0.6 is 23.2 Å². The van der Waals surface area contributed by atoms with Crippen molar-refractivity contribution in [2.45, 2.75) is 6.18 Å². The molecule has 0 fully saturated rings. The molecule has 1 aromatic heterocycles. The van der Waals surface area contributed by atoms with Gasteiger partial charge in [-0.05, 0) is 18.2 Å². The Hall–Kier alpha value is -3.06. The summed E-state index contributed by atoms with van der Waals surface area (Å²) in [4.78, 5) is 23.2. The van der Waals surface area contributed by atoms with Crippen molar-refractivity contribution in [3.05, 3.63) is 46.4 Å². The molecule has 0 saturated carbocycles. The molecule has 202 valence electrons. The van der Waals surface area contributed by atoms with Crippen molar-refractivity contribution >= 4 is 46.2 Å². The number of rotatable bonds is 8. The topological polar surface area (TPSA) is 103 Å². The molecule has 9 nitrogen and oxygen atoms in total. The molecule has 0 unspecified atom stereocenters. The molecule has 14 heteroatoms. The Bertz CT molecular complexity index is 1230. The van der Waals surface area contributed by atoms with E-state index in [1.54, 1.807) is 38.1 Å². The van der Waals surface area contributed by atoms with Gasteiger partial charge in [0.2, 0.25) is 5.88 Å². The van der Waals surface area contributed by atoms with Crippen molar-refractivity contribution in [2.24, 2.45) is 7.05 Å². The van der Waals surface area contributed by atoms with Gasteiger partial charge in [0, 0.05) is 55.5 Å². The van der Waals surface area contributed by atoms with Crippen LogP contribution in [0.1, 0.15) is 0 Å². The van der Waals surface area contributed by atoms with Crippen molar-refractivity contribution in [1.82, 2.24) is 14.7 Å². The lowest BCUT2D eigenvalue weighted by Crippen LogP contribution is -2.38. The van der Waals surface area contributed by atoms with Crippen LogP contribution in [-0.4, -0.2) is 78.5 Å². The van der Waals surface area contributed by atoms with Crippen LogP contribution in [0.2, 0.25) is 10.0 Å². The summed E-state index contributed by atoms with van der Waals surface area (Å²) in [5, 5.41) is 13.5. The van der Waals surface area contributed by atoms with E-state index in [1.165, 1.54) is 4.90 Å². The largest absolute Gasteiger partial charge is 0.490 e. The lowest BCUT2D eigenvalue weighted by molar-refractivity contribution is -0.192. The number of carbonyl (C=O) groups excluding carboxylic acids is 1. The van der Waals surface area contributed by atoms with Crippen LogP contribution in [0.3, 0.4) is 0 Å². The van der Waals surface area contributed by atoms with E-state index in [0.29, 0.717) is 53.1 Å². The normalized spacial score (nSPS) is 11.1. The average Bonchev–Trinajstić information content (AvgIpc) is 3.14. The van der Waals surface area contributed by atoms with Crippen molar-refractivity contribution in [3.8, 4) is 17.0 Å². The first-order chi connectivity index (χ1) is 17.4. The highest BCUT2D eigenvalue weighted by molar-refractivity contribution is 6.36. The Morgan fingerprint density at radius 1 is 1.05 bits per heavy atom. The third kappa shape index (κ3) is 8.22. The molecule has 37 heavy (non-hydrogen) atoms. The van der Waals surface area contributed by atoms with Gasteiger partial charge in [0.25, 0.3) is 0 Å². The first-order valence-electron chi connectivity index (χ1n) is 10.6. The van der Waals surface area contributed by atoms with E-state index in [0.717, 1.165) is 11.1 Å². The maximum atomic E-state index is 12.8. The summed E-state index contributed by atoms with van der Waals surface area (Å²) in [7, 11) is 4.89. The van der Waals surface area contributed by atoms with Crippen molar-refractivity contribution in [3.63, 3.8) is 0 Å². The monoisotopic (exact) mass is 565 g/mol. The molecule has 0 aliphatic rings. The molecule has 2 aromatic carbocycles. The number of methoxy groups -OCH3 is 2. The van der Waals surface area contributed by atoms with Crippen LogP contribution in [0.4, 0.5) is 18.0 Å². The van der Waals surface area contributed by atoms with Gasteiger partial charge in [-0.15, -0.1) is 0 Å². The molecular weight excluding hydrogens is 542 g/mol. The number of aryl methyl sites for hydroxylation is 1. The van der Waals surface area contributed by atoms with Crippen LogP contribution in [0.5, 0.6) is 5.88 Å². The lowest BCUT2D eigenvalue weighted by Gasteiger charge is -2.21. The van der Waals surface area contributed by atoms with Gasteiger partial charge in [-0.2, -0.15) is 18.3 Å². The van der Waals surface area contributed by atoms with Crippen LogP contribution in [0.25, 0.3) is 22.0 Å². The zero-order valence-corrected chi connectivity index (χ0v) is 21.5. The fourth-order valence-electron chi connectivity index (χ4n) is 3.08. The fraction of sp³-hybridized carbons (Fsp3) is 0.348. The van der Waals surface area contributed by atoms with Crippen LogP contribution < -0.4 is 4.74 Å². The summed E-state index contributed by atoms with van der Waals surface area (Å²) in [5.41, 5.74) is 2.29. The number of ether oxygens (including phenoxy) is 3. The van der Waals surface area contributed by atoms with Crippen LogP contribution in [0, 0.1) is 0 Å². The summed E-state index contributed by atoms with van der Waals surface area (Å²) in [6.07, 6.45) is -5.58. The Labute approximate surface area is 220 Å². The minimum Gasteiger partial charge on any atom is -0.475 e. The number of carboxylic acid groups (broad SMARTS) is 1. The number of hydrogen-bond donors (Lipinski definition) is 1. The minimum atomic E-state index is -5.08. The summed E-state index contributed by atoms with van der Waals surface area (Å²) in [6.45, 7) is 1.56. The molecule has 3 rings (SSSR count). The third-order valence-corrected chi connectivity index (χ3v) is 5.39. The van der Waals surface area contributed by atoms with Gasteiger partial charge in [0.15, 0.2) is 0 Å². The number of aliphatic carboxylic acids is 1. The highest BCUT2D eigenvalue weighted by Gasteiger charge is 2.38. The fourth-order valence-corrected chi connectivity index (χ4v) is 3.59. The highest BCUT2D eigenvalue weighted by Crippen LogP contribution is 2.37. The van der Waals surface area contributed by atoms with Crippen LogP contribution in [0.15, 0.2) is 36.4 Å². The van der Waals surface area contributed by atoms with E-state index in [1.807, 2.05) is 24.3 Å². The van der Waals surface area contributed by atoms with Crippen molar-refractivity contribution in [1.29, 1.82) is 0 Å². The van der Waals surface area contributed by atoms with E-state index >= 15 is 0 Å². The zero-order chi connectivity index (χ0) is 27.8. The maximum Gasteiger partial charge on any atom is 0.490 e. The molecule has 3 aromatic rings. The summed E-state index contributed by atoms with van der Waals surface area (Å²) < 4.78 is 49.2. The van der Waals surface area contributed by atoms with E-state index in [4.69, 9.17) is 47.3 Å². The highest BCUT2D eigenvalue weighted by atomic mass is 35.5. The van der Waals surface area contributed by atoms with E-state index < -0.39 is 18.2 Å². The molecule has 0 saturated heterocycles. The number of alkyl halides is 3. The first kappa shape index (κ1) is 30.2. The van der Waals surface area contributed by atoms with Crippen LogP contribution in [-0.2, 0) is 21.3 Å². The summed E-state index contributed by atoms with van der Waals surface area (Å²) in [5.74, 6) is -2.41. The number of hydrogen-bond acceptors (Lipinski definition) is 6. The first-order valence-corrected chi connectivity index (χ1v) is 11.3. The third-order valence-electron chi connectivity index (χ3n) is 4.85. The Kier molecular flexibility index (Phi) is 11.0. The lowest BCUT2D eigenvalue weighted by atomic mass is 10.0. The second-order valence-corrected chi connectivity index (χ2v) is 8.24. The van der Waals surface area contributed by atoms with Gasteiger partial charge in [0.1, 0.15) is 5.52 Å². The molecule has 0 bridgehead atoms. The van der Waals surface area contributed by atoms with E-state index in [2.05, 4.69) is 5.10 Å². The molecule has 1 N–H and O–H groups in total. The van der Waals surface area contributed by atoms with Gasteiger partial charge < -0.3 is 24.2 Å². The summed E-state index contributed by atoms with van der Waals surface area (Å²) >= 11 is 12.4. The second-order valence-electron chi connectivity index (χ2n) is 7.40. The van der Waals surface area contributed by atoms with Crippen molar-refractivity contribution in [2.75, 3.05) is 40.5 Å². The molecule has 1 amide bonds. The second kappa shape index (κ2) is 13.5. The molecule has 0 atom stereocenters. The number of carboxylic acids is 1. The van der Waals surface area contributed by atoms with Crippen molar-refractivity contribution < 1.29 is 42.1 Å².